The second-order valence-electron chi connectivity index (χ2n) is 6.02. The predicted molar refractivity (Wildman–Crippen MR) is 92.6 cm³/mol. The molecule has 0 radical (unpaired) electrons. The maximum absolute atomic E-state index is 12.7. The second kappa shape index (κ2) is 7.19. The molecule has 7 heteroatoms. The molecule has 0 unspecified atom stereocenters. The molecule has 0 saturated carbocycles. The molecule has 136 valence electrons. The van der Waals surface area contributed by atoms with E-state index in [4.69, 9.17) is 0 Å². The summed E-state index contributed by atoms with van der Waals surface area (Å²) in [6.45, 7) is 3.18. The van der Waals surface area contributed by atoms with E-state index in [1.165, 1.54) is 12.1 Å². The lowest BCUT2D eigenvalue weighted by Crippen LogP contribution is -2.23. The Morgan fingerprint density at radius 2 is 2.00 bits per heavy atom. The standard InChI is InChI=1S/C19H18F3N3O/c1-2-8-25-12-24-16-9-13(6-7-17(16)25)11-23-18(26)14-4-3-5-15(10-14)19(20,21)22/h3-7,9-10,12H,2,8,11H2,1H3,(H,23,26). The lowest BCUT2D eigenvalue weighted by molar-refractivity contribution is -0.137. The Kier molecular flexibility index (Phi) is 4.97. The van der Waals surface area contributed by atoms with Gasteiger partial charge in [0.2, 0.25) is 0 Å². The second-order valence-corrected chi connectivity index (χ2v) is 6.02. The Hall–Kier alpha value is -2.83. The summed E-state index contributed by atoms with van der Waals surface area (Å²) in [6.07, 6.45) is -1.70. The third-order valence-corrected chi connectivity index (χ3v) is 4.06. The molecule has 1 heterocycles. The molecule has 0 aliphatic carbocycles. The van der Waals surface area contributed by atoms with Crippen LogP contribution in [-0.4, -0.2) is 15.5 Å². The molecule has 4 nitrogen and oxygen atoms in total. The molecule has 26 heavy (non-hydrogen) atoms. The maximum atomic E-state index is 12.7. The van der Waals surface area contributed by atoms with Gasteiger partial charge in [0.05, 0.1) is 22.9 Å². The number of rotatable bonds is 5. The van der Waals surface area contributed by atoms with Crippen LogP contribution in [0, 0.1) is 0 Å². The highest BCUT2D eigenvalue weighted by atomic mass is 19.4. The molecule has 1 N–H and O–H groups in total. The van der Waals surface area contributed by atoms with E-state index in [2.05, 4.69) is 21.8 Å². The summed E-state index contributed by atoms with van der Waals surface area (Å²) in [5.41, 5.74) is 1.81. The van der Waals surface area contributed by atoms with Crippen molar-refractivity contribution in [2.45, 2.75) is 32.6 Å². The molecule has 3 aromatic rings. The van der Waals surface area contributed by atoms with Gasteiger partial charge in [-0.1, -0.05) is 19.1 Å². The number of halogens is 3. The van der Waals surface area contributed by atoms with Gasteiger partial charge in [0.1, 0.15) is 0 Å². The largest absolute Gasteiger partial charge is 0.416 e. The quantitative estimate of drug-likeness (QED) is 0.732. The zero-order valence-corrected chi connectivity index (χ0v) is 14.2. The zero-order valence-electron chi connectivity index (χ0n) is 14.2. The number of carbonyl (C=O) groups excluding carboxylic acids is 1. The molecular weight excluding hydrogens is 343 g/mol. The molecule has 0 aliphatic heterocycles. The first-order chi connectivity index (χ1) is 12.4. The van der Waals surface area contributed by atoms with Gasteiger partial charge in [-0.3, -0.25) is 4.79 Å². The molecule has 3 rings (SSSR count). The van der Waals surface area contributed by atoms with Gasteiger partial charge in [-0.25, -0.2) is 4.98 Å². The number of carbonyl (C=O) groups is 1. The number of aromatic nitrogens is 2. The van der Waals surface area contributed by atoms with Crippen molar-refractivity contribution in [3.8, 4) is 0 Å². The summed E-state index contributed by atoms with van der Waals surface area (Å²) in [7, 11) is 0. The van der Waals surface area contributed by atoms with Gasteiger partial charge in [0.15, 0.2) is 0 Å². The fourth-order valence-corrected chi connectivity index (χ4v) is 2.76. The number of hydrogen-bond acceptors (Lipinski definition) is 2. The van der Waals surface area contributed by atoms with Crippen molar-refractivity contribution in [3.05, 3.63) is 65.5 Å². The predicted octanol–water partition coefficient (Wildman–Crippen LogP) is 4.40. The number of hydrogen-bond donors (Lipinski definition) is 1. The van der Waals surface area contributed by atoms with Crippen LogP contribution in [0.4, 0.5) is 13.2 Å². The van der Waals surface area contributed by atoms with Crippen molar-refractivity contribution in [3.63, 3.8) is 0 Å². The summed E-state index contributed by atoms with van der Waals surface area (Å²) >= 11 is 0. The number of amides is 1. The maximum Gasteiger partial charge on any atom is 0.416 e. The van der Waals surface area contributed by atoms with Gasteiger partial charge < -0.3 is 9.88 Å². The third kappa shape index (κ3) is 3.87. The van der Waals surface area contributed by atoms with Crippen LogP contribution in [0.1, 0.15) is 34.8 Å². The monoisotopic (exact) mass is 361 g/mol. The topological polar surface area (TPSA) is 46.9 Å². The Bertz CT molecular complexity index is 931. The molecule has 0 saturated heterocycles. The van der Waals surface area contributed by atoms with Crippen LogP contribution < -0.4 is 5.32 Å². The average molecular weight is 361 g/mol. The normalized spacial score (nSPS) is 11.7. The Labute approximate surface area is 148 Å². The minimum Gasteiger partial charge on any atom is -0.348 e. The summed E-state index contributed by atoms with van der Waals surface area (Å²) < 4.78 is 40.3. The third-order valence-electron chi connectivity index (χ3n) is 4.06. The molecule has 0 aliphatic rings. The molecule has 0 fully saturated rings. The number of fused-ring (bicyclic) bond motifs is 1. The summed E-state index contributed by atoms with van der Waals surface area (Å²) in [5, 5.41) is 2.65. The minimum absolute atomic E-state index is 0.0203. The smallest absolute Gasteiger partial charge is 0.348 e. The van der Waals surface area contributed by atoms with Crippen LogP contribution in [0.5, 0.6) is 0 Å². The molecule has 0 atom stereocenters. The fraction of sp³-hybridized carbons (Fsp3) is 0.263. The highest BCUT2D eigenvalue weighted by molar-refractivity contribution is 5.94. The van der Waals surface area contributed by atoms with Gasteiger partial charge in [-0.05, 0) is 42.3 Å². The van der Waals surface area contributed by atoms with Crippen LogP contribution in [0.2, 0.25) is 0 Å². The van der Waals surface area contributed by atoms with E-state index in [0.29, 0.717) is 0 Å². The van der Waals surface area contributed by atoms with E-state index < -0.39 is 17.6 Å². The van der Waals surface area contributed by atoms with Crippen LogP contribution >= 0.6 is 0 Å². The summed E-state index contributed by atoms with van der Waals surface area (Å²) in [4.78, 5) is 16.5. The van der Waals surface area contributed by atoms with E-state index in [1.807, 2.05) is 18.2 Å². The van der Waals surface area contributed by atoms with Crippen molar-refractivity contribution < 1.29 is 18.0 Å². The Morgan fingerprint density at radius 3 is 2.73 bits per heavy atom. The van der Waals surface area contributed by atoms with Crippen molar-refractivity contribution in [1.29, 1.82) is 0 Å². The van der Waals surface area contributed by atoms with Gasteiger partial charge in [-0.2, -0.15) is 13.2 Å². The minimum atomic E-state index is -4.47. The van der Waals surface area contributed by atoms with Gasteiger partial charge in [0.25, 0.3) is 5.91 Å². The van der Waals surface area contributed by atoms with Crippen molar-refractivity contribution in [2.75, 3.05) is 0 Å². The van der Waals surface area contributed by atoms with E-state index in [0.717, 1.165) is 41.7 Å². The summed E-state index contributed by atoms with van der Waals surface area (Å²) in [5.74, 6) is -0.548. The molecule has 0 spiro atoms. The summed E-state index contributed by atoms with van der Waals surface area (Å²) in [6, 6.07) is 10.1. The van der Waals surface area contributed by atoms with Crippen molar-refractivity contribution >= 4 is 16.9 Å². The first-order valence-electron chi connectivity index (χ1n) is 8.27. The number of aryl methyl sites for hydroxylation is 1. The van der Waals surface area contributed by atoms with Crippen LogP contribution in [0.15, 0.2) is 48.8 Å². The van der Waals surface area contributed by atoms with Crippen LogP contribution in [0.25, 0.3) is 11.0 Å². The SMILES string of the molecule is CCCn1cnc2cc(CNC(=O)c3cccc(C(F)(F)F)c3)ccc21. The Balaban J connectivity index is 1.71. The lowest BCUT2D eigenvalue weighted by atomic mass is 10.1. The van der Waals surface area contributed by atoms with E-state index in [1.54, 1.807) is 6.33 Å². The molecule has 1 aromatic heterocycles. The van der Waals surface area contributed by atoms with Gasteiger partial charge in [0, 0.05) is 18.7 Å². The average Bonchev–Trinajstić information content (AvgIpc) is 3.02. The zero-order chi connectivity index (χ0) is 18.7. The van der Waals surface area contributed by atoms with Crippen molar-refractivity contribution in [1.82, 2.24) is 14.9 Å². The molecular formula is C19H18F3N3O. The van der Waals surface area contributed by atoms with E-state index >= 15 is 0 Å². The van der Waals surface area contributed by atoms with Gasteiger partial charge >= 0.3 is 6.18 Å². The number of nitrogens with zero attached hydrogens (tertiary/aromatic N) is 2. The first kappa shape index (κ1) is 18.0. The molecule has 1 amide bonds. The van der Waals surface area contributed by atoms with Crippen molar-refractivity contribution in [2.24, 2.45) is 0 Å². The lowest BCUT2D eigenvalue weighted by Gasteiger charge is -2.09. The number of benzene rings is 2. The highest BCUT2D eigenvalue weighted by Crippen LogP contribution is 2.29. The van der Waals surface area contributed by atoms with E-state index in [9.17, 15) is 18.0 Å². The van der Waals surface area contributed by atoms with Crippen LogP contribution in [-0.2, 0) is 19.3 Å². The van der Waals surface area contributed by atoms with Gasteiger partial charge in [-0.15, -0.1) is 0 Å². The highest BCUT2D eigenvalue weighted by Gasteiger charge is 2.30. The number of imidazole rings is 1. The number of nitrogens with one attached hydrogen (secondary N) is 1. The molecule has 2 aromatic carbocycles. The Morgan fingerprint density at radius 1 is 1.19 bits per heavy atom. The van der Waals surface area contributed by atoms with Crippen LogP contribution in [0.3, 0.4) is 0 Å². The van der Waals surface area contributed by atoms with E-state index in [-0.39, 0.29) is 12.1 Å². The number of alkyl halides is 3. The molecule has 0 bridgehead atoms. The first-order valence-corrected chi connectivity index (χ1v) is 8.27. The fourth-order valence-electron chi connectivity index (χ4n) is 2.76.